The van der Waals surface area contributed by atoms with Gasteiger partial charge in [0.1, 0.15) is 0 Å². The number of amides is 1. The molecule has 4 heterocycles. The minimum atomic E-state index is -0.0250. The van der Waals surface area contributed by atoms with Gasteiger partial charge in [-0.2, -0.15) is 0 Å². The number of piperazine rings is 1. The summed E-state index contributed by atoms with van der Waals surface area (Å²) >= 11 is 0. The normalized spacial score (nSPS) is 18.3. The molecule has 0 saturated carbocycles. The summed E-state index contributed by atoms with van der Waals surface area (Å²) in [5.74, 6) is 0.849. The van der Waals surface area contributed by atoms with Crippen LogP contribution >= 0.6 is 0 Å². The van der Waals surface area contributed by atoms with Crippen molar-refractivity contribution >= 4 is 11.7 Å². The van der Waals surface area contributed by atoms with Gasteiger partial charge in [-0.15, -0.1) is 10.2 Å². The maximum Gasteiger partial charge on any atom is 0.274 e. The third kappa shape index (κ3) is 3.83. The summed E-state index contributed by atoms with van der Waals surface area (Å²) in [6.45, 7) is 6.00. The highest BCUT2D eigenvalue weighted by molar-refractivity contribution is 5.92. The summed E-state index contributed by atoms with van der Waals surface area (Å²) in [7, 11) is 0. The van der Waals surface area contributed by atoms with Crippen LogP contribution in [0.1, 0.15) is 29.0 Å². The first-order valence-electron chi connectivity index (χ1n) is 9.30. The zero-order valence-corrected chi connectivity index (χ0v) is 14.9. The number of anilines is 1. The van der Waals surface area contributed by atoms with Crippen LogP contribution in [0.25, 0.3) is 0 Å². The molecule has 0 spiro atoms. The van der Waals surface area contributed by atoms with Crippen molar-refractivity contribution in [2.45, 2.75) is 19.4 Å². The van der Waals surface area contributed by atoms with E-state index in [-0.39, 0.29) is 5.91 Å². The van der Waals surface area contributed by atoms with E-state index >= 15 is 0 Å². The van der Waals surface area contributed by atoms with Gasteiger partial charge in [-0.3, -0.25) is 14.7 Å². The monoisotopic (exact) mass is 352 g/mol. The van der Waals surface area contributed by atoms with E-state index in [2.05, 4.69) is 25.0 Å². The fourth-order valence-electron chi connectivity index (χ4n) is 3.55. The van der Waals surface area contributed by atoms with E-state index in [1.165, 1.54) is 12.8 Å². The third-order valence-corrected chi connectivity index (χ3v) is 5.07. The summed E-state index contributed by atoms with van der Waals surface area (Å²) in [6, 6.07) is 9.70. The van der Waals surface area contributed by atoms with Crippen LogP contribution in [0, 0.1) is 0 Å². The van der Waals surface area contributed by atoms with E-state index in [0.717, 1.165) is 44.2 Å². The number of rotatable bonds is 4. The van der Waals surface area contributed by atoms with Gasteiger partial charge in [-0.25, -0.2) is 0 Å². The Morgan fingerprint density at radius 3 is 2.38 bits per heavy atom. The van der Waals surface area contributed by atoms with Gasteiger partial charge < -0.3 is 9.80 Å². The van der Waals surface area contributed by atoms with Gasteiger partial charge >= 0.3 is 0 Å². The number of hydrogen-bond acceptors (Lipinski definition) is 6. The van der Waals surface area contributed by atoms with Crippen LogP contribution in [0.3, 0.4) is 0 Å². The van der Waals surface area contributed by atoms with Crippen LogP contribution in [0.15, 0.2) is 36.5 Å². The molecule has 0 aliphatic carbocycles. The molecule has 0 aromatic carbocycles. The molecule has 0 bridgehead atoms. The molecular formula is C19H24N6O. The second-order valence-corrected chi connectivity index (χ2v) is 6.86. The second-order valence-electron chi connectivity index (χ2n) is 6.86. The Morgan fingerprint density at radius 1 is 0.923 bits per heavy atom. The van der Waals surface area contributed by atoms with Crippen LogP contribution in [-0.4, -0.2) is 70.2 Å². The fourth-order valence-corrected chi connectivity index (χ4v) is 3.55. The minimum Gasteiger partial charge on any atom is -0.355 e. The number of nitrogens with zero attached hydrogens (tertiary/aromatic N) is 6. The topological polar surface area (TPSA) is 65.5 Å². The summed E-state index contributed by atoms with van der Waals surface area (Å²) < 4.78 is 0. The summed E-state index contributed by atoms with van der Waals surface area (Å²) in [5, 5.41) is 8.44. The highest BCUT2D eigenvalue weighted by Gasteiger charge is 2.24. The molecule has 26 heavy (non-hydrogen) atoms. The largest absolute Gasteiger partial charge is 0.355 e. The second kappa shape index (κ2) is 7.78. The molecule has 1 amide bonds. The van der Waals surface area contributed by atoms with E-state index in [1.807, 2.05) is 41.4 Å². The van der Waals surface area contributed by atoms with Crippen LogP contribution < -0.4 is 4.90 Å². The first kappa shape index (κ1) is 16.9. The molecule has 2 aliphatic rings. The van der Waals surface area contributed by atoms with Gasteiger partial charge in [0, 0.05) is 52.0 Å². The lowest BCUT2D eigenvalue weighted by molar-refractivity contribution is 0.0620. The molecule has 2 aliphatic heterocycles. The molecule has 2 fully saturated rings. The predicted molar refractivity (Wildman–Crippen MR) is 98.9 cm³/mol. The highest BCUT2D eigenvalue weighted by atomic mass is 16.2. The van der Waals surface area contributed by atoms with Crippen LogP contribution in [0.4, 0.5) is 5.82 Å². The van der Waals surface area contributed by atoms with Gasteiger partial charge in [0.05, 0.1) is 5.69 Å². The Hall–Kier alpha value is -2.54. The van der Waals surface area contributed by atoms with E-state index in [1.54, 1.807) is 0 Å². The summed E-state index contributed by atoms with van der Waals surface area (Å²) in [6.07, 6.45) is 4.22. The molecular weight excluding hydrogens is 328 g/mol. The standard InChI is InChI=1S/C19H24N6O/c26-19(17-6-7-18(22-21-17)24-9-3-4-10-24)25-13-11-23(12-14-25)15-16-5-1-2-8-20-16/h1-2,5-8H,3-4,9-15H2. The van der Waals surface area contributed by atoms with Crippen molar-refractivity contribution in [3.8, 4) is 0 Å². The summed E-state index contributed by atoms with van der Waals surface area (Å²) in [5.41, 5.74) is 1.50. The molecule has 0 atom stereocenters. The minimum absolute atomic E-state index is 0.0250. The third-order valence-electron chi connectivity index (χ3n) is 5.07. The maximum absolute atomic E-state index is 12.7. The predicted octanol–water partition coefficient (Wildman–Crippen LogP) is 1.43. The van der Waals surface area contributed by atoms with Gasteiger partial charge in [-0.05, 0) is 37.1 Å². The molecule has 7 nitrogen and oxygen atoms in total. The average Bonchev–Trinajstić information content (AvgIpc) is 3.24. The van der Waals surface area contributed by atoms with Gasteiger partial charge in [0.2, 0.25) is 0 Å². The zero-order valence-electron chi connectivity index (χ0n) is 14.9. The molecule has 0 N–H and O–H groups in total. The number of carbonyl (C=O) groups is 1. The quantitative estimate of drug-likeness (QED) is 0.829. The maximum atomic E-state index is 12.7. The van der Waals surface area contributed by atoms with Crippen molar-refractivity contribution in [3.63, 3.8) is 0 Å². The molecule has 2 saturated heterocycles. The Kier molecular flexibility index (Phi) is 5.06. The molecule has 7 heteroatoms. The van der Waals surface area contributed by atoms with Crippen molar-refractivity contribution in [2.24, 2.45) is 0 Å². The Balaban J connectivity index is 1.31. The van der Waals surface area contributed by atoms with E-state index in [4.69, 9.17) is 0 Å². The Morgan fingerprint density at radius 2 is 1.73 bits per heavy atom. The molecule has 2 aromatic rings. The fraction of sp³-hybridized carbons (Fsp3) is 0.474. The van der Waals surface area contributed by atoms with Crippen LogP contribution in [0.5, 0.6) is 0 Å². The van der Waals surface area contributed by atoms with Gasteiger partial charge in [-0.1, -0.05) is 6.07 Å². The van der Waals surface area contributed by atoms with E-state index in [0.29, 0.717) is 18.8 Å². The lowest BCUT2D eigenvalue weighted by atomic mass is 10.2. The van der Waals surface area contributed by atoms with Crippen LogP contribution in [-0.2, 0) is 6.54 Å². The van der Waals surface area contributed by atoms with Crippen molar-refractivity contribution < 1.29 is 4.79 Å². The average molecular weight is 352 g/mol. The molecule has 136 valence electrons. The van der Waals surface area contributed by atoms with E-state index < -0.39 is 0 Å². The first-order valence-corrected chi connectivity index (χ1v) is 9.30. The van der Waals surface area contributed by atoms with Crippen molar-refractivity contribution in [1.29, 1.82) is 0 Å². The lowest BCUT2D eigenvalue weighted by Gasteiger charge is -2.34. The number of hydrogen-bond donors (Lipinski definition) is 0. The SMILES string of the molecule is O=C(c1ccc(N2CCCC2)nn1)N1CCN(Cc2ccccn2)CC1. The highest BCUT2D eigenvalue weighted by Crippen LogP contribution is 2.17. The molecule has 4 rings (SSSR count). The van der Waals surface area contributed by atoms with E-state index in [9.17, 15) is 4.79 Å². The lowest BCUT2D eigenvalue weighted by Crippen LogP contribution is -2.48. The molecule has 2 aromatic heterocycles. The van der Waals surface area contributed by atoms with Crippen molar-refractivity contribution in [2.75, 3.05) is 44.2 Å². The van der Waals surface area contributed by atoms with Crippen LogP contribution in [0.2, 0.25) is 0 Å². The zero-order chi connectivity index (χ0) is 17.8. The van der Waals surface area contributed by atoms with Gasteiger partial charge in [0.15, 0.2) is 11.5 Å². The first-order chi connectivity index (χ1) is 12.8. The number of carbonyl (C=O) groups excluding carboxylic acids is 1. The smallest absolute Gasteiger partial charge is 0.274 e. The Labute approximate surface area is 153 Å². The Bertz CT molecular complexity index is 721. The van der Waals surface area contributed by atoms with Crippen molar-refractivity contribution in [1.82, 2.24) is 25.0 Å². The molecule has 0 radical (unpaired) electrons. The number of pyridine rings is 1. The van der Waals surface area contributed by atoms with Gasteiger partial charge in [0.25, 0.3) is 5.91 Å². The number of aromatic nitrogens is 3. The van der Waals surface area contributed by atoms with Crippen molar-refractivity contribution in [3.05, 3.63) is 47.9 Å². The summed E-state index contributed by atoms with van der Waals surface area (Å²) in [4.78, 5) is 23.5. The molecule has 0 unspecified atom stereocenters.